The molecule has 0 aromatic heterocycles. The van der Waals surface area contributed by atoms with Crippen molar-refractivity contribution in [3.63, 3.8) is 0 Å². The molecule has 2 nitrogen and oxygen atoms in total. The fraction of sp³-hybridized carbons (Fsp3) is 0.625. The SMILES string of the molecule is CCC(C)OC(CNC(C)(C)C)c1cccc(Br)c1. The van der Waals surface area contributed by atoms with Crippen LogP contribution in [0.3, 0.4) is 0 Å². The lowest BCUT2D eigenvalue weighted by molar-refractivity contribution is -0.00732. The van der Waals surface area contributed by atoms with Crippen molar-refractivity contribution in [3.8, 4) is 0 Å². The molecule has 0 aliphatic carbocycles. The van der Waals surface area contributed by atoms with Crippen LogP contribution in [0.5, 0.6) is 0 Å². The Balaban J connectivity index is 2.79. The number of hydrogen-bond acceptors (Lipinski definition) is 2. The molecule has 0 aliphatic heterocycles. The molecule has 1 N–H and O–H groups in total. The van der Waals surface area contributed by atoms with Crippen LogP contribution in [0, 0.1) is 0 Å². The van der Waals surface area contributed by atoms with Crippen LogP contribution in [-0.2, 0) is 4.74 Å². The Kier molecular flexibility index (Phi) is 6.51. The summed E-state index contributed by atoms with van der Waals surface area (Å²) in [6, 6.07) is 8.37. The summed E-state index contributed by atoms with van der Waals surface area (Å²) in [5.41, 5.74) is 1.31. The van der Waals surface area contributed by atoms with Gasteiger partial charge in [-0.3, -0.25) is 0 Å². The van der Waals surface area contributed by atoms with Crippen LogP contribution < -0.4 is 5.32 Å². The van der Waals surface area contributed by atoms with E-state index < -0.39 is 0 Å². The van der Waals surface area contributed by atoms with Crippen molar-refractivity contribution in [2.45, 2.75) is 58.8 Å². The van der Waals surface area contributed by atoms with E-state index in [-0.39, 0.29) is 17.7 Å². The minimum Gasteiger partial charge on any atom is -0.369 e. The van der Waals surface area contributed by atoms with E-state index in [1.807, 2.05) is 6.07 Å². The second-order valence-corrected chi connectivity index (χ2v) is 6.95. The van der Waals surface area contributed by atoms with Crippen LogP contribution >= 0.6 is 15.9 Å². The fourth-order valence-corrected chi connectivity index (χ4v) is 2.14. The van der Waals surface area contributed by atoms with E-state index in [4.69, 9.17) is 4.74 Å². The van der Waals surface area contributed by atoms with Gasteiger partial charge in [-0.15, -0.1) is 0 Å². The molecule has 1 aromatic carbocycles. The predicted octanol–water partition coefficient (Wildman–Crippen LogP) is 4.69. The van der Waals surface area contributed by atoms with E-state index in [9.17, 15) is 0 Å². The summed E-state index contributed by atoms with van der Waals surface area (Å²) in [4.78, 5) is 0. The highest BCUT2D eigenvalue weighted by Gasteiger charge is 2.18. The second-order valence-electron chi connectivity index (χ2n) is 6.03. The summed E-state index contributed by atoms with van der Waals surface area (Å²) in [6.45, 7) is 11.6. The summed E-state index contributed by atoms with van der Waals surface area (Å²) in [6.07, 6.45) is 1.39. The molecule has 0 aliphatic rings. The maximum atomic E-state index is 6.15. The summed E-state index contributed by atoms with van der Waals surface area (Å²) in [7, 11) is 0. The Labute approximate surface area is 126 Å². The minimum absolute atomic E-state index is 0.0895. The Morgan fingerprint density at radius 3 is 2.53 bits per heavy atom. The summed E-state index contributed by atoms with van der Waals surface area (Å²) >= 11 is 3.53. The first kappa shape index (κ1) is 16.7. The van der Waals surface area contributed by atoms with Crippen LogP contribution in [0.4, 0.5) is 0 Å². The number of benzene rings is 1. The first-order chi connectivity index (χ1) is 8.81. The van der Waals surface area contributed by atoms with E-state index in [2.05, 4.69) is 74.1 Å². The van der Waals surface area contributed by atoms with Gasteiger partial charge >= 0.3 is 0 Å². The highest BCUT2D eigenvalue weighted by Crippen LogP contribution is 2.23. The van der Waals surface area contributed by atoms with Crippen LogP contribution in [0.15, 0.2) is 28.7 Å². The maximum absolute atomic E-state index is 6.15. The monoisotopic (exact) mass is 327 g/mol. The van der Waals surface area contributed by atoms with Crippen molar-refractivity contribution < 1.29 is 4.74 Å². The summed E-state index contributed by atoms with van der Waals surface area (Å²) in [5.74, 6) is 0. The predicted molar refractivity (Wildman–Crippen MR) is 85.5 cm³/mol. The molecule has 3 heteroatoms. The van der Waals surface area contributed by atoms with Gasteiger partial charge in [0.2, 0.25) is 0 Å². The Hall–Kier alpha value is -0.380. The van der Waals surface area contributed by atoms with E-state index in [1.165, 1.54) is 5.56 Å². The van der Waals surface area contributed by atoms with Crippen molar-refractivity contribution in [2.24, 2.45) is 0 Å². The molecule has 0 saturated heterocycles. The molecule has 0 spiro atoms. The Morgan fingerprint density at radius 2 is 2.00 bits per heavy atom. The third-order valence-corrected chi connectivity index (χ3v) is 3.50. The topological polar surface area (TPSA) is 21.3 Å². The molecular formula is C16H26BrNO. The lowest BCUT2D eigenvalue weighted by atomic mass is 10.1. The largest absolute Gasteiger partial charge is 0.369 e. The lowest BCUT2D eigenvalue weighted by Crippen LogP contribution is -2.39. The zero-order chi connectivity index (χ0) is 14.5. The van der Waals surface area contributed by atoms with Gasteiger partial charge in [-0.05, 0) is 51.8 Å². The third-order valence-electron chi connectivity index (χ3n) is 3.01. The van der Waals surface area contributed by atoms with Gasteiger partial charge in [-0.25, -0.2) is 0 Å². The molecule has 0 heterocycles. The fourth-order valence-electron chi connectivity index (χ4n) is 1.73. The summed E-state index contributed by atoms with van der Waals surface area (Å²) in [5, 5.41) is 3.53. The Bertz CT molecular complexity index is 387. The summed E-state index contributed by atoms with van der Waals surface area (Å²) < 4.78 is 7.25. The third kappa shape index (κ3) is 6.55. The van der Waals surface area contributed by atoms with Crippen molar-refractivity contribution in [2.75, 3.05) is 6.54 Å². The van der Waals surface area contributed by atoms with Gasteiger partial charge < -0.3 is 10.1 Å². The zero-order valence-electron chi connectivity index (χ0n) is 12.7. The van der Waals surface area contributed by atoms with Gasteiger partial charge in [0.05, 0.1) is 12.2 Å². The van der Waals surface area contributed by atoms with E-state index in [0.29, 0.717) is 0 Å². The highest BCUT2D eigenvalue weighted by molar-refractivity contribution is 9.10. The number of rotatable bonds is 6. The van der Waals surface area contributed by atoms with Crippen LogP contribution in [0.2, 0.25) is 0 Å². The van der Waals surface area contributed by atoms with Gasteiger partial charge in [0.25, 0.3) is 0 Å². The van der Waals surface area contributed by atoms with Crippen molar-refractivity contribution in [1.29, 1.82) is 0 Å². The van der Waals surface area contributed by atoms with E-state index in [1.54, 1.807) is 0 Å². The first-order valence-electron chi connectivity index (χ1n) is 6.97. The van der Waals surface area contributed by atoms with Crippen LogP contribution in [0.25, 0.3) is 0 Å². The molecule has 0 bridgehead atoms. The number of ether oxygens (including phenoxy) is 1. The molecule has 19 heavy (non-hydrogen) atoms. The second kappa shape index (κ2) is 7.41. The van der Waals surface area contributed by atoms with Gasteiger partial charge in [-0.1, -0.05) is 35.0 Å². The number of hydrogen-bond donors (Lipinski definition) is 1. The molecule has 2 unspecified atom stereocenters. The lowest BCUT2D eigenvalue weighted by Gasteiger charge is -2.27. The normalized spacial score (nSPS) is 15.3. The van der Waals surface area contributed by atoms with E-state index in [0.717, 1.165) is 17.4 Å². The van der Waals surface area contributed by atoms with Crippen molar-refractivity contribution in [3.05, 3.63) is 34.3 Å². The Morgan fingerprint density at radius 1 is 1.32 bits per heavy atom. The smallest absolute Gasteiger partial charge is 0.0953 e. The van der Waals surface area contributed by atoms with Crippen LogP contribution in [0.1, 0.15) is 52.7 Å². The van der Waals surface area contributed by atoms with Gasteiger partial charge in [0.1, 0.15) is 0 Å². The van der Waals surface area contributed by atoms with Gasteiger partial charge in [0.15, 0.2) is 0 Å². The molecule has 0 radical (unpaired) electrons. The molecule has 108 valence electrons. The molecule has 0 saturated carbocycles. The highest BCUT2D eigenvalue weighted by atomic mass is 79.9. The molecule has 2 atom stereocenters. The van der Waals surface area contributed by atoms with Gasteiger partial charge in [-0.2, -0.15) is 0 Å². The number of halogens is 1. The average molecular weight is 328 g/mol. The van der Waals surface area contributed by atoms with Crippen molar-refractivity contribution >= 4 is 15.9 Å². The minimum atomic E-state index is 0.0895. The van der Waals surface area contributed by atoms with Crippen LogP contribution in [-0.4, -0.2) is 18.2 Å². The molecule has 1 rings (SSSR count). The quantitative estimate of drug-likeness (QED) is 0.818. The molecular weight excluding hydrogens is 302 g/mol. The first-order valence-corrected chi connectivity index (χ1v) is 7.77. The standard InChI is InChI=1S/C16H26BrNO/c1-6-12(2)19-15(11-18-16(3,4)5)13-8-7-9-14(17)10-13/h7-10,12,15,18H,6,11H2,1-5H3. The van der Waals surface area contributed by atoms with E-state index >= 15 is 0 Å². The molecule has 0 fully saturated rings. The average Bonchev–Trinajstić information content (AvgIpc) is 2.33. The molecule has 0 amide bonds. The maximum Gasteiger partial charge on any atom is 0.0953 e. The number of nitrogens with one attached hydrogen (secondary N) is 1. The molecule has 1 aromatic rings. The van der Waals surface area contributed by atoms with Gasteiger partial charge in [0, 0.05) is 16.6 Å². The van der Waals surface area contributed by atoms with Crippen molar-refractivity contribution in [1.82, 2.24) is 5.32 Å². The zero-order valence-corrected chi connectivity index (χ0v) is 14.3.